The molecule has 102 valence electrons. The van der Waals surface area contributed by atoms with Crippen LogP contribution < -0.4 is 5.32 Å². The van der Waals surface area contributed by atoms with Crippen LogP contribution in [-0.4, -0.2) is 38.9 Å². The molecule has 0 amide bonds. The van der Waals surface area contributed by atoms with Crippen LogP contribution >= 0.6 is 24.0 Å². The summed E-state index contributed by atoms with van der Waals surface area (Å²) in [6, 6.07) is 6.53. The van der Waals surface area contributed by atoms with E-state index in [0.29, 0.717) is 23.0 Å². The third-order valence-corrected chi connectivity index (χ3v) is 5.14. The summed E-state index contributed by atoms with van der Waals surface area (Å²) in [6.45, 7) is 1.10. The first-order valence-corrected chi connectivity index (χ1v) is 7.29. The molecule has 0 aromatic heterocycles. The Morgan fingerprint density at radius 3 is 2.44 bits per heavy atom. The lowest BCUT2D eigenvalue weighted by Crippen LogP contribution is -2.33. The van der Waals surface area contributed by atoms with E-state index in [1.54, 1.807) is 24.3 Å². The Morgan fingerprint density at radius 1 is 1.33 bits per heavy atom. The van der Waals surface area contributed by atoms with Crippen LogP contribution in [0.4, 0.5) is 0 Å². The van der Waals surface area contributed by atoms with Gasteiger partial charge in [-0.3, -0.25) is 0 Å². The second kappa shape index (κ2) is 6.21. The molecule has 1 heterocycles. The van der Waals surface area contributed by atoms with Crippen molar-refractivity contribution in [2.45, 2.75) is 17.4 Å². The van der Waals surface area contributed by atoms with Crippen LogP contribution in [0.15, 0.2) is 29.2 Å². The zero-order valence-corrected chi connectivity index (χ0v) is 12.4. The second-order valence-electron chi connectivity index (χ2n) is 4.09. The predicted octanol–water partition coefficient (Wildman–Crippen LogP) is 1.74. The van der Waals surface area contributed by atoms with E-state index >= 15 is 0 Å². The maximum atomic E-state index is 12.3. The van der Waals surface area contributed by atoms with Crippen molar-refractivity contribution in [2.75, 3.05) is 20.1 Å². The molecule has 7 heteroatoms. The van der Waals surface area contributed by atoms with Crippen molar-refractivity contribution in [1.82, 2.24) is 9.62 Å². The van der Waals surface area contributed by atoms with Gasteiger partial charge in [0, 0.05) is 24.2 Å². The number of halogens is 2. The fourth-order valence-electron chi connectivity index (χ4n) is 1.94. The molecule has 1 aromatic carbocycles. The van der Waals surface area contributed by atoms with E-state index < -0.39 is 10.0 Å². The van der Waals surface area contributed by atoms with Gasteiger partial charge in [0.2, 0.25) is 10.0 Å². The van der Waals surface area contributed by atoms with Crippen LogP contribution in [0.1, 0.15) is 6.42 Å². The summed E-state index contributed by atoms with van der Waals surface area (Å²) in [5.41, 5.74) is 0. The van der Waals surface area contributed by atoms with Crippen molar-refractivity contribution in [2.24, 2.45) is 0 Å². The first-order chi connectivity index (χ1) is 8.04. The van der Waals surface area contributed by atoms with Crippen molar-refractivity contribution in [3.63, 3.8) is 0 Å². The zero-order valence-electron chi connectivity index (χ0n) is 9.97. The Labute approximate surface area is 119 Å². The fourth-order valence-corrected chi connectivity index (χ4v) is 3.56. The van der Waals surface area contributed by atoms with E-state index in [1.165, 1.54) is 4.31 Å². The third-order valence-electron chi connectivity index (χ3n) is 3.01. The molecule has 0 bridgehead atoms. The van der Waals surface area contributed by atoms with Gasteiger partial charge in [0.15, 0.2) is 0 Å². The minimum absolute atomic E-state index is 0. The van der Waals surface area contributed by atoms with E-state index in [1.807, 2.05) is 7.05 Å². The largest absolute Gasteiger partial charge is 0.316 e. The number of hydrogen-bond donors (Lipinski definition) is 1. The van der Waals surface area contributed by atoms with Crippen LogP contribution in [0.3, 0.4) is 0 Å². The van der Waals surface area contributed by atoms with Gasteiger partial charge in [-0.1, -0.05) is 11.6 Å². The van der Waals surface area contributed by atoms with Crippen molar-refractivity contribution in [3.8, 4) is 0 Å². The molecule has 1 saturated heterocycles. The summed E-state index contributed by atoms with van der Waals surface area (Å²) in [5, 5.41) is 3.64. The number of nitrogens with zero attached hydrogens (tertiary/aromatic N) is 1. The lowest BCUT2D eigenvalue weighted by Gasteiger charge is -2.16. The fraction of sp³-hybridized carbons (Fsp3) is 0.455. The SMILES string of the molecule is CNC1CCN(S(=O)(=O)c2ccc(Cl)cc2)C1.Cl. The van der Waals surface area contributed by atoms with Gasteiger partial charge in [0.05, 0.1) is 4.90 Å². The highest BCUT2D eigenvalue weighted by atomic mass is 35.5. The molecule has 1 atom stereocenters. The van der Waals surface area contributed by atoms with Gasteiger partial charge < -0.3 is 5.32 Å². The number of rotatable bonds is 3. The minimum atomic E-state index is -3.36. The maximum absolute atomic E-state index is 12.3. The molecular formula is C11H16Cl2N2O2S. The molecule has 1 unspecified atom stereocenters. The van der Waals surface area contributed by atoms with Gasteiger partial charge in [-0.05, 0) is 37.7 Å². The van der Waals surface area contributed by atoms with E-state index in [9.17, 15) is 8.42 Å². The van der Waals surface area contributed by atoms with E-state index in [-0.39, 0.29) is 18.4 Å². The summed E-state index contributed by atoms with van der Waals surface area (Å²) in [7, 11) is -1.51. The van der Waals surface area contributed by atoms with Gasteiger partial charge in [0.25, 0.3) is 0 Å². The molecule has 1 N–H and O–H groups in total. The van der Waals surface area contributed by atoms with Crippen LogP contribution in [-0.2, 0) is 10.0 Å². The molecule has 18 heavy (non-hydrogen) atoms. The predicted molar refractivity (Wildman–Crippen MR) is 74.9 cm³/mol. The molecule has 1 aliphatic rings. The molecule has 4 nitrogen and oxygen atoms in total. The van der Waals surface area contributed by atoms with E-state index in [0.717, 1.165) is 6.42 Å². The number of nitrogens with one attached hydrogen (secondary N) is 1. The maximum Gasteiger partial charge on any atom is 0.243 e. The summed E-state index contributed by atoms with van der Waals surface area (Å²) in [4.78, 5) is 0.304. The van der Waals surface area contributed by atoms with Crippen LogP contribution in [0.2, 0.25) is 5.02 Å². The number of sulfonamides is 1. The summed E-state index contributed by atoms with van der Waals surface area (Å²) < 4.78 is 26.0. The summed E-state index contributed by atoms with van der Waals surface area (Å²) in [6.07, 6.45) is 0.851. The highest BCUT2D eigenvalue weighted by Gasteiger charge is 2.31. The molecule has 2 rings (SSSR count). The third kappa shape index (κ3) is 3.16. The quantitative estimate of drug-likeness (QED) is 0.925. The van der Waals surface area contributed by atoms with Crippen LogP contribution in [0.5, 0.6) is 0 Å². The number of likely N-dealkylation sites (N-methyl/N-ethyl adjacent to an activating group) is 1. The molecule has 1 aromatic rings. The van der Waals surface area contributed by atoms with Crippen molar-refractivity contribution < 1.29 is 8.42 Å². The van der Waals surface area contributed by atoms with Crippen LogP contribution in [0, 0.1) is 0 Å². The Morgan fingerprint density at radius 2 is 1.94 bits per heavy atom. The van der Waals surface area contributed by atoms with Crippen molar-refractivity contribution in [1.29, 1.82) is 0 Å². The summed E-state index contributed by atoms with van der Waals surface area (Å²) in [5.74, 6) is 0. The van der Waals surface area contributed by atoms with Crippen molar-refractivity contribution >= 4 is 34.0 Å². The van der Waals surface area contributed by atoms with Gasteiger partial charge >= 0.3 is 0 Å². The minimum Gasteiger partial charge on any atom is -0.316 e. The molecule has 0 saturated carbocycles. The van der Waals surface area contributed by atoms with Crippen molar-refractivity contribution in [3.05, 3.63) is 29.3 Å². The van der Waals surface area contributed by atoms with E-state index in [2.05, 4.69) is 5.32 Å². The first-order valence-electron chi connectivity index (χ1n) is 5.47. The monoisotopic (exact) mass is 310 g/mol. The number of benzene rings is 1. The Hall–Kier alpha value is -0.330. The number of hydrogen-bond acceptors (Lipinski definition) is 3. The molecular weight excluding hydrogens is 295 g/mol. The highest BCUT2D eigenvalue weighted by molar-refractivity contribution is 7.89. The lowest BCUT2D eigenvalue weighted by molar-refractivity contribution is 0.464. The van der Waals surface area contributed by atoms with Gasteiger partial charge in [-0.25, -0.2) is 8.42 Å². The molecule has 0 aliphatic carbocycles. The average molecular weight is 311 g/mol. The van der Waals surface area contributed by atoms with Gasteiger partial charge in [0.1, 0.15) is 0 Å². The van der Waals surface area contributed by atoms with E-state index in [4.69, 9.17) is 11.6 Å². The first kappa shape index (κ1) is 15.7. The van der Waals surface area contributed by atoms with Gasteiger partial charge in [-0.2, -0.15) is 4.31 Å². The van der Waals surface area contributed by atoms with Crippen LogP contribution in [0.25, 0.3) is 0 Å². The topological polar surface area (TPSA) is 49.4 Å². The molecule has 1 fully saturated rings. The smallest absolute Gasteiger partial charge is 0.243 e. The lowest BCUT2D eigenvalue weighted by atomic mass is 10.3. The second-order valence-corrected chi connectivity index (χ2v) is 6.47. The molecule has 0 spiro atoms. The molecule has 1 aliphatic heterocycles. The normalized spacial score (nSPS) is 20.7. The molecule has 0 radical (unpaired) electrons. The Kier molecular flexibility index (Phi) is 5.43. The highest BCUT2D eigenvalue weighted by Crippen LogP contribution is 2.22. The summed E-state index contributed by atoms with van der Waals surface area (Å²) >= 11 is 5.75. The Balaban J connectivity index is 0.00000162. The zero-order chi connectivity index (χ0) is 12.5. The van der Waals surface area contributed by atoms with Gasteiger partial charge in [-0.15, -0.1) is 12.4 Å². The standard InChI is InChI=1S/C11H15ClN2O2S.ClH/c1-13-10-6-7-14(8-10)17(15,16)11-4-2-9(12)3-5-11;/h2-5,10,13H,6-8H2,1H3;1H. The average Bonchev–Trinajstić information content (AvgIpc) is 2.78. The Bertz CT molecular complexity index is 490.